The molecule has 0 aromatic heterocycles. The van der Waals surface area contributed by atoms with Crippen LogP contribution >= 0.6 is 47.0 Å². The van der Waals surface area contributed by atoms with Gasteiger partial charge in [-0.3, -0.25) is 10.1 Å². The van der Waals surface area contributed by atoms with Gasteiger partial charge in [0.25, 0.3) is 5.91 Å². The smallest absolute Gasteiger partial charge is 0.335 e. The van der Waals surface area contributed by atoms with Crippen LogP contribution in [-0.2, 0) is 0 Å². The van der Waals surface area contributed by atoms with Crippen molar-refractivity contribution in [2.45, 2.75) is 0 Å². The normalized spacial score (nSPS) is 10.2. The Balaban J connectivity index is 2.23. The highest BCUT2D eigenvalue weighted by Crippen LogP contribution is 2.34. The van der Waals surface area contributed by atoms with E-state index < -0.39 is 11.9 Å². The van der Waals surface area contributed by atoms with Crippen molar-refractivity contribution in [3.63, 3.8) is 0 Å². The summed E-state index contributed by atoms with van der Waals surface area (Å²) in [5.74, 6) is -1.60. The van der Waals surface area contributed by atoms with E-state index in [1.165, 1.54) is 31.4 Å². The number of carbonyl (C=O) groups is 2. The quantitative estimate of drug-likeness (QED) is 0.616. The molecule has 0 aliphatic carbocycles. The summed E-state index contributed by atoms with van der Waals surface area (Å²) in [7, 11) is 1.36. The number of aromatic carboxylic acids is 1. The van der Waals surface area contributed by atoms with Gasteiger partial charge in [-0.2, -0.15) is 0 Å². The number of thiocarbonyl (C=S) groups is 1. The lowest BCUT2D eigenvalue weighted by atomic mass is 10.2. The van der Waals surface area contributed by atoms with Gasteiger partial charge in [0.2, 0.25) is 0 Å². The molecular weight excluding hydrogens is 423 g/mol. The van der Waals surface area contributed by atoms with Crippen LogP contribution < -0.4 is 15.4 Å². The molecule has 0 atom stereocenters. The first-order valence-corrected chi connectivity index (χ1v) is 8.45. The van der Waals surface area contributed by atoms with Gasteiger partial charge in [0.15, 0.2) is 10.9 Å². The second-order valence-electron chi connectivity index (χ2n) is 4.88. The average Bonchev–Trinajstić information content (AvgIpc) is 2.56. The van der Waals surface area contributed by atoms with Crippen molar-refractivity contribution in [3.05, 3.63) is 56.5 Å². The zero-order valence-electron chi connectivity index (χ0n) is 13.1. The standard InChI is InChI=1S/C16H11Cl3N2O4S/c1-25-13-11(19)4-7(15(23)24)5-12(13)20-16(26)21-14(22)9-6-8(17)2-3-10(9)18/h2-6H,1H3,(H,23,24)(H2,20,21,22,26). The number of amides is 1. The van der Waals surface area contributed by atoms with E-state index in [0.29, 0.717) is 5.02 Å². The van der Waals surface area contributed by atoms with Gasteiger partial charge in [0.1, 0.15) is 0 Å². The molecule has 2 rings (SSSR count). The minimum absolute atomic E-state index is 0.0712. The molecule has 2 aromatic rings. The van der Waals surface area contributed by atoms with Gasteiger partial charge in [0, 0.05) is 5.02 Å². The molecule has 2 aromatic carbocycles. The van der Waals surface area contributed by atoms with E-state index in [9.17, 15) is 9.59 Å². The first kappa shape index (κ1) is 20.3. The fourth-order valence-corrected chi connectivity index (χ4v) is 2.89. The largest absolute Gasteiger partial charge is 0.493 e. The molecule has 136 valence electrons. The van der Waals surface area contributed by atoms with Gasteiger partial charge in [-0.15, -0.1) is 0 Å². The molecule has 26 heavy (non-hydrogen) atoms. The van der Waals surface area contributed by atoms with Gasteiger partial charge in [0.05, 0.1) is 34.0 Å². The Labute approximate surface area is 169 Å². The Bertz CT molecular complexity index is 905. The number of halogens is 3. The Hall–Kier alpha value is -2.06. The van der Waals surface area contributed by atoms with Gasteiger partial charge >= 0.3 is 5.97 Å². The van der Waals surface area contributed by atoms with Crippen molar-refractivity contribution in [2.75, 3.05) is 12.4 Å². The Morgan fingerprint density at radius 2 is 1.81 bits per heavy atom. The molecule has 0 aliphatic rings. The first-order valence-electron chi connectivity index (χ1n) is 6.91. The third kappa shape index (κ3) is 4.76. The predicted molar refractivity (Wildman–Crippen MR) is 105 cm³/mol. The van der Waals surface area contributed by atoms with Crippen molar-refractivity contribution < 1.29 is 19.4 Å². The summed E-state index contributed by atoms with van der Waals surface area (Å²) in [6, 6.07) is 6.93. The highest BCUT2D eigenvalue weighted by Gasteiger charge is 2.17. The highest BCUT2D eigenvalue weighted by atomic mass is 35.5. The van der Waals surface area contributed by atoms with Crippen LogP contribution in [0.2, 0.25) is 15.1 Å². The predicted octanol–water partition coefficient (Wildman–Crippen LogP) is 4.48. The Morgan fingerprint density at radius 3 is 2.42 bits per heavy atom. The molecule has 0 radical (unpaired) electrons. The number of carbonyl (C=O) groups excluding carboxylic acids is 1. The topological polar surface area (TPSA) is 87.7 Å². The van der Waals surface area contributed by atoms with E-state index in [0.717, 1.165) is 0 Å². The van der Waals surface area contributed by atoms with E-state index >= 15 is 0 Å². The van der Waals surface area contributed by atoms with Crippen LogP contribution in [0.25, 0.3) is 0 Å². The number of hydrogen-bond acceptors (Lipinski definition) is 4. The number of hydrogen-bond donors (Lipinski definition) is 3. The van der Waals surface area contributed by atoms with E-state index in [1.54, 1.807) is 6.07 Å². The fourth-order valence-electron chi connectivity index (χ4n) is 2.01. The van der Waals surface area contributed by atoms with E-state index in [4.69, 9.17) is 56.9 Å². The number of rotatable bonds is 4. The highest BCUT2D eigenvalue weighted by molar-refractivity contribution is 7.80. The zero-order valence-corrected chi connectivity index (χ0v) is 16.2. The lowest BCUT2D eigenvalue weighted by molar-refractivity contribution is 0.0696. The van der Waals surface area contributed by atoms with Gasteiger partial charge in [-0.1, -0.05) is 34.8 Å². The molecule has 0 spiro atoms. The molecule has 0 saturated carbocycles. The van der Waals surface area contributed by atoms with Crippen LogP contribution in [-0.4, -0.2) is 29.2 Å². The fraction of sp³-hybridized carbons (Fsp3) is 0.0625. The molecule has 0 heterocycles. The molecule has 0 fully saturated rings. The second kappa shape index (κ2) is 8.55. The SMILES string of the molecule is COc1c(Cl)cc(C(=O)O)cc1NC(=S)NC(=O)c1cc(Cl)ccc1Cl. The molecule has 0 saturated heterocycles. The number of ether oxygens (including phenoxy) is 1. The molecule has 0 unspecified atom stereocenters. The molecule has 10 heteroatoms. The summed E-state index contributed by atoms with van der Waals surface area (Å²) in [6.07, 6.45) is 0. The number of methoxy groups -OCH3 is 1. The summed E-state index contributed by atoms with van der Waals surface area (Å²) < 4.78 is 5.14. The maximum Gasteiger partial charge on any atom is 0.335 e. The molecule has 0 bridgehead atoms. The minimum Gasteiger partial charge on any atom is -0.493 e. The summed E-state index contributed by atoms with van der Waals surface area (Å²) in [5.41, 5.74) is 0.234. The molecule has 6 nitrogen and oxygen atoms in total. The molecule has 0 aliphatic heterocycles. The number of anilines is 1. The third-order valence-corrected chi connectivity index (χ3v) is 4.19. The first-order chi connectivity index (χ1) is 12.2. The number of benzene rings is 2. The van der Waals surface area contributed by atoms with Gasteiger partial charge < -0.3 is 15.2 Å². The van der Waals surface area contributed by atoms with Crippen molar-refractivity contribution >= 4 is 69.7 Å². The number of nitrogens with one attached hydrogen (secondary N) is 2. The second-order valence-corrected chi connectivity index (χ2v) is 6.54. The summed E-state index contributed by atoms with van der Waals surface area (Å²) in [6.45, 7) is 0. The van der Waals surface area contributed by atoms with Gasteiger partial charge in [-0.25, -0.2) is 4.79 Å². The van der Waals surface area contributed by atoms with E-state index in [1.807, 2.05) is 0 Å². The van der Waals surface area contributed by atoms with Crippen LogP contribution in [0.3, 0.4) is 0 Å². The van der Waals surface area contributed by atoms with Crippen molar-refractivity contribution in [1.29, 1.82) is 0 Å². The number of carboxylic acids is 1. The van der Waals surface area contributed by atoms with Crippen molar-refractivity contribution in [3.8, 4) is 5.75 Å². The monoisotopic (exact) mass is 432 g/mol. The molecular formula is C16H11Cl3N2O4S. The maximum absolute atomic E-state index is 12.3. The molecule has 3 N–H and O–H groups in total. The number of carboxylic acid groups (broad SMARTS) is 1. The lowest BCUT2D eigenvalue weighted by Crippen LogP contribution is -2.34. The van der Waals surface area contributed by atoms with E-state index in [-0.39, 0.29) is 37.7 Å². The third-order valence-electron chi connectivity index (χ3n) is 3.14. The van der Waals surface area contributed by atoms with Crippen LogP contribution in [0.1, 0.15) is 20.7 Å². The van der Waals surface area contributed by atoms with Crippen LogP contribution in [0, 0.1) is 0 Å². The summed E-state index contributed by atoms with van der Waals surface area (Å²) in [4.78, 5) is 23.4. The molecule has 1 amide bonds. The van der Waals surface area contributed by atoms with Crippen molar-refractivity contribution in [2.24, 2.45) is 0 Å². The lowest BCUT2D eigenvalue weighted by Gasteiger charge is -2.15. The zero-order chi connectivity index (χ0) is 19.4. The maximum atomic E-state index is 12.3. The Kier molecular flexibility index (Phi) is 6.66. The summed E-state index contributed by atoms with van der Waals surface area (Å²) >= 11 is 22.9. The van der Waals surface area contributed by atoms with Crippen LogP contribution in [0.4, 0.5) is 5.69 Å². The minimum atomic E-state index is -1.18. The summed E-state index contributed by atoms with van der Waals surface area (Å²) in [5, 5.41) is 14.7. The van der Waals surface area contributed by atoms with Gasteiger partial charge in [-0.05, 0) is 42.5 Å². The Morgan fingerprint density at radius 1 is 1.12 bits per heavy atom. The van der Waals surface area contributed by atoms with Crippen molar-refractivity contribution in [1.82, 2.24) is 5.32 Å². The van der Waals surface area contributed by atoms with Crippen LogP contribution in [0.5, 0.6) is 5.75 Å². The van der Waals surface area contributed by atoms with Crippen LogP contribution in [0.15, 0.2) is 30.3 Å². The average molecular weight is 434 g/mol. The van der Waals surface area contributed by atoms with E-state index in [2.05, 4.69) is 10.6 Å².